The summed E-state index contributed by atoms with van der Waals surface area (Å²) in [6.45, 7) is 6.07. The molecule has 6 rings (SSSR count). The highest BCUT2D eigenvalue weighted by Crippen LogP contribution is 2.31. The van der Waals surface area contributed by atoms with E-state index < -0.39 is 17.8 Å². The molecular formula is C31H30F3N7O. The topological polar surface area (TPSA) is 81.0 Å². The zero-order valence-electron chi connectivity index (χ0n) is 23.3. The quantitative estimate of drug-likeness (QED) is 0.236. The van der Waals surface area contributed by atoms with Crippen molar-refractivity contribution in [2.24, 2.45) is 0 Å². The maximum Gasteiger partial charge on any atom is 0.296 e. The lowest BCUT2D eigenvalue weighted by molar-refractivity contribution is 0.122. The summed E-state index contributed by atoms with van der Waals surface area (Å²) in [6.07, 6.45) is -2.34. The third kappa shape index (κ3) is 5.64. The van der Waals surface area contributed by atoms with E-state index in [0.29, 0.717) is 55.3 Å². The number of morpholine rings is 1. The zero-order valence-corrected chi connectivity index (χ0v) is 23.3. The standard InChI is InChI=1S/C31H30F3N7O/c1-31(2,19-20-9-3-4-10-21(20)22-11-5-6-12-23(22)32)39-28-36-29(40-15-17-42-18-16-40)38-30(37-28)41-25-14-8-7-13-24(25)35-27(41)26(33)34/h3-14,26H,15-19H2,1-2H3,(H,36,37,38,39). The number of nitrogens with zero attached hydrogens (tertiary/aromatic N) is 6. The second-order valence-electron chi connectivity index (χ2n) is 10.8. The number of aromatic nitrogens is 5. The van der Waals surface area contributed by atoms with Gasteiger partial charge >= 0.3 is 0 Å². The smallest absolute Gasteiger partial charge is 0.296 e. The molecule has 1 aliphatic rings. The minimum absolute atomic E-state index is 0.0422. The highest BCUT2D eigenvalue weighted by molar-refractivity contribution is 5.77. The molecule has 0 unspecified atom stereocenters. The van der Waals surface area contributed by atoms with E-state index in [4.69, 9.17) is 9.72 Å². The van der Waals surface area contributed by atoms with Gasteiger partial charge in [-0.25, -0.2) is 18.2 Å². The largest absolute Gasteiger partial charge is 0.378 e. The molecule has 0 bridgehead atoms. The number of alkyl halides is 2. The lowest BCUT2D eigenvalue weighted by Gasteiger charge is -2.30. The third-order valence-corrected chi connectivity index (χ3v) is 7.15. The van der Waals surface area contributed by atoms with Gasteiger partial charge in [0.2, 0.25) is 17.8 Å². The number of ether oxygens (including phenoxy) is 1. The first-order valence-corrected chi connectivity index (χ1v) is 13.7. The van der Waals surface area contributed by atoms with Crippen LogP contribution >= 0.6 is 0 Å². The van der Waals surface area contributed by atoms with E-state index in [1.807, 2.05) is 49.1 Å². The lowest BCUT2D eigenvalue weighted by Crippen LogP contribution is -2.39. The van der Waals surface area contributed by atoms with Gasteiger partial charge in [-0.3, -0.25) is 4.57 Å². The molecule has 42 heavy (non-hydrogen) atoms. The monoisotopic (exact) mass is 573 g/mol. The lowest BCUT2D eigenvalue weighted by atomic mass is 9.89. The van der Waals surface area contributed by atoms with Gasteiger partial charge in [0.25, 0.3) is 6.43 Å². The van der Waals surface area contributed by atoms with Crippen LogP contribution in [-0.4, -0.2) is 56.3 Å². The molecule has 216 valence electrons. The summed E-state index contributed by atoms with van der Waals surface area (Å²) in [5.74, 6) is -0.116. The predicted molar refractivity (Wildman–Crippen MR) is 156 cm³/mol. The van der Waals surface area contributed by atoms with Crippen LogP contribution in [0.2, 0.25) is 0 Å². The van der Waals surface area contributed by atoms with Crippen molar-refractivity contribution in [3.8, 4) is 17.1 Å². The SMILES string of the molecule is CC(C)(Cc1ccccc1-c1ccccc1F)Nc1nc(N2CCOCC2)nc(-n2c(C(F)F)nc3ccccc32)n1. The summed E-state index contributed by atoms with van der Waals surface area (Å²) in [5, 5.41) is 3.40. The van der Waals surface area contributed by atoms with E-state index in [2.05, 4.69) is 20.3 Å². The van der Waals surface area contributed by atoms with Crippen LogP contribution in [0.25, 0.3) is 28.1 Å². The average molecular weight is 574 g/mol. The molecule has 0 aliphatic carbocycles. The highest BCUT2D eigenvalue weighted by Gasteiger charge is 2.27. The molecule has 11 heteroatoms. The summed E-state index contributed by atoms with van der Waals surface area (Å²) in [7, 11) is 0. The van der Waals surface area contributed by atoms with Crippen LogP contribution in [0.1, 0.15) is 31.7 Å². The maximum atomic E-state index is 14.7. The van der Waals surface area contributed by atoms with Crippen molar-refractivity contribution in [2.75, 3.05) is 36.5 Å². The molecule has 0 amide bonds. The van der Waals surface area contributed by atoms with Gasteiger partial charge in [0.15, 0.2) is 5.82 Å². The van der Waals surface area contributed by atoms with E-state index in [1.54, 1.807) is 36.4 Å². The molecule has 5 aromatic rings. The summed E-state index contributed by atoms with van der Waals surface area (Å²) in [4.78, 5) is 20.1. The average Bonchev–Trinajstić information content (AvgIpc) is 3.38. The van der Waals surface area contributed by atoms with Gasteiger partial charge in [-0.2, -0.15) is 15.0 Å². The van der Waals surface area contributed by atoms with Crippen molar-refractivity contribution in [1.82, 2.24) is 24.5 Å². The van der Waals surface area contributed by atoms with Crippen molar-refractivity contribution in [3.63, 3.8) is 0 Å². The summed E-state index contributed by atoms with van der Waals surface area (Å²) in [6, 6.07) is 21.3. The number of para-hydroxylation sites is 2. The van der Waals surface area contributed by atoms with Crippen LogP contribution in [0.15, 0.2) is 72.8 Å². The van der Waals surface area contributed by atoms with Gasteiger partial charge in [-0.15, -0.1) is 0 Å². The van der Waals surface area contributed by atoms with Crippen molar-refractivity contribution < 1.29 is 17.9 Å². The minimum Gasteiger partial charge on any atom is -0.378 e. The first-order chi connectivity index (χ1) is 20.3. The Labute approximate surface area is 241 Å². The van der Waals surface area contributed by atoms with Crippen LogP contribution in [0.4, 0.5) is 25.1 Å². The van der Waals surface area contributed by atoms with Gasteiger partial charge in [-0.05, 0) is 49.6 Å². The Morgan fingerprint density at radius 3 is 2.26 bits per heavy atom. The van der Waals surface area contributed by atoms with Crippen LogP contribution in [0.5, 0.6) is 0 Å². The summed E-state index contributed by atoms with van der Waals surface area (Å²) in [5.41, 5.74) is 2.51. The number of benzene rings is 3. The molecule has 3 aromatic carbocycles. The molecule has 8 nitrogen and oxygen atoms in total. The Bertz CT molecular complexity index is 1720. The van der Waals surface area contributed by atoms with E-state index in [1.165, 1.54) is 10.6 Å². The molecule has 1 N–H and O–H groups in total. The first-order valence-electron chi connectivity index (χ1n) is 13.7. The van der Waals surface area contributed by atoms with E-state index in [9.17, 15) is 13.2 Å². The van der Waals surface area contributed by atoms with E-state index >= 15 is 0 Å². The zero-order chi connectivity index (χ0) is 29.3. The molecule has 2 aromatic heterocycles. The van der Waals surface area contributed by atoms with Gasteiger partial charge in [0, 0.05) is 24.2 Å². The molecular weight excluding hydrogens is 543 g/mol. The Morgan fingerprint density at radius 2 is 1.50 bits per heavy atom. The fourth-order valence-electron chi connectivity index (χ4n) is 5.26. The van der Waals surface area contributed by atoms with Gasteiger partial charge in [0.1, 0.15) is 5.82 Å². The first kappa shape index (κ1) is 27.6. The number of anilines is 2. The molecule has 0 saturated carbocycles. The highest BCUT2D eigenvalue weighted by atomic mass is 19.3. The molecule has 0 spiro atoms. The summed E-state index contributed by atoms with van der Waals surface area (Å²) >= 11 is 0. The summed E-state index contributed by atoms with van der Waals surface area (Å²) < 4.78 is 49.9. The van der Waals surface area contributed by atoms with Gasteiger partial charge in [-0.1, -0.05) is 54.6 Å². The number of halogens is 3. The number of fused-ring (bicyclic) bond motifs is 1. The Balaban J connectivity index is 1.40. The van der Waals surface area contributed by atoms with Gasteiger partial charge < -0.3 is 15.0 Å². The normalized spacial score (nSPS) is 14.1. The molecule has 1 aliphatic heterocycles. The molecule has 0 atom stereocenters. The Morgan fingerprint density at radius 1 is 0.833 bits per heavy atom. The molecule has 3 heterocycles. The Hall–Kier alpha value is -4.51. The number of imidazole rings is 1. The molecule has 0 radical (unpaired) electrons. The van der Waals surface area contributed by atoms with Crippen molar-refractivity contribution in [3.05, 3.63) is 90.0 Å². The number of rotatable bonds is 8. The Kier molecular flexibility index (Phi) is 7.51. The fourth-order valence-corrected chi connectivity index (χ4v) is 5.26. The predicted octanol–water partition coefficient (Wildman–Crippen LogP) is 6.22. The van der Waals surface area contributed by atoms with Crippen LogP contribution in [-0.2, 0) is 11.2 Å². The third-order valence-electron chi connectivity index (χ3n) is 7.15. The van der Waals surface area contributed by atoms with Gasteiger partial charge in [0.05, 0.1) is 24.2 Å². The molecule has 1 fully saturated rings. The van der Waals surface area contributed by atoms with Crippen LogP contribution in [0, 0.1) is 5.82 Å². The molecule has 1 saturated heterocycles. The second kappa shape index (κ2) is 11.4. The van der Waals surface area contributed by atoms with Crippen LogP contribution < -0.4 is 10.2 Å². The minimum atomic E-state index is -2.84. The van der Waals surface area contributed by atoms with Crippen molar-refractivity contribution in [1.29, 1.82) is 0 Å². The number of hydrogen-bond acceptors (Lipinski definition) is 7. The number of nitrogens with one attached hydrogen (secondary N) is 1. The van der Waals surface area contributed by atoms with E-state index in [-0.39, 0.29) is 17.7 Å². The van der Waals surface area contributed by atoms with Crippen LogP contribution in [0.3, 0.4) is 0 Å². The van der Waals surface area contributed by atoms with E-state index in [0.717, 1.165) is 11.1 Å². The maximum absolute atomic E-state index is 14.7. The fraction of sp³-hybridized carbons (Fsp3) is 0.290. The number of hydrogen-bond donors (Lipinski definition) is 1. The van der Waals surface area contributed by atoms with Crippen molar-refractivity contribution >= 4 is 22.9 Å². The second-order valence-corrected chi connectivity index (χ2v) is 10.8. The van der Waals surface area contributed by atoms with Crippen molar-refractivity contribution in [2.45, 2.75) is 32.2 Å².